The number of pyridine rings is 1. The fraction of sp³-hybridized carbons (Fsp3) is 0.214. The van der Waals surface area contributed by atoms with Gasteiger partial charge in [0, 0.05) is 0 Å². The summed E-state index contributed by atoms with van der Waals surface area (Å²) in [4.78, 5) is 4.20. The molecule has 0 aliphatic rings. The molecule has 18 heavy (non-hydrogen) atoms. The van der Waals surface area contributed by atoms with Gasteiger partial charge >= 0.3 is 0 Å². The number of rotatable bonds is 2. The number of anilines is 1. The van der Waals surface area contributed by atoms with Crippen molar-refractivity contribution in [3.8, 4) is 11.6 Å². The summed E-state index contributed by atoms with van der Waals surface area (Å²) in [6.45, 7) is 6.00. The highest BCUT2D eigenvalue weighted by Crippen LogP contribution is 2.33. The zero-order chi connectivity index (χ0) is 13.3. The van der Waals surface area contributed by atoms with E-state index in [2.05, 4.69) is 27.0 Å². The van der Waals surface area contributed by atoms with Crippen LogP contribution < -0.4 is 10.5 Å². The summed E-state index contributed by atoms with van der Waals surface area (Å²) in [5.74, 6) is 1.32. The van der Waals surface area contributed by atoms with Gasteiger partial charge in [0.25, 0.3) is 0 Å². The van der Waals surface area contributed by atoms with E-state index in [1.807, 2.05) is 32.9 Å². The van der Waals surface area contributed by atoms with E-state index in [1.54, 1.807) is 6.20 Å². The average Bonchev–Trinajstić information content (AvgIpc) is 2.29. The van der Waals surface area contributed by atoms with Gasteiger partial charge in [-0.3, -0.25) is 0 Å². The van der Waals surface area contributed by atoms with Gasteiger partial charge in [-0.15, -0.1) is 0 Å². The molecule has 94 valence electrons. The maximum Gasteiger partial charge on any atom is 0.233 e. The molecular weight excluding hydrogens is 292 g/mol. The first-order chi connectivity index (χ1) is 8.47. The molecule has 2 rings (SSSR count). The first kappa shape index (κ1) is 12.9. The van der Waals surface area contributed by atoms with Gasteiger partial charge in [-0.05, 0) is 65.5 Å². The first-order valence-corrected chi connectivity index (χ1v) is 6.43. The predicted molar refractivity (Wildman–Crippen MR) is 77.1 cm³/mol. The molecule has 0 aliphatic carbocycles. The second-order valence-corrected chi connectivity index (χ2v) is 5.18. The van der Waals surface area contributed by atoms with Crippen molar-refractivity contribution in [3.63, 3.8) is 0 Å². The Morgan fingerprint density at radius 3 is 2.33 bits per heavy atom. The lowest BCUT2D eigenvalue weighted by Crippen LogP contribution is -1.96. The Hall–Kier alpha value is -1.55. The van der Waals surface area contributed by atoms with Gasteiger partial charge in [-0.2, -0.15) is 0 Å². The number of nitrogens with two attached hydrogens (primary N) is 1. The minimum atomic E-state index is 0.534. The number of aromatic nitrogens is 1. The highest BCUT2D eigenvalue weighted by atomic mass is 79.9. The van der Waals surface area contributed by atoms with Crippen molar-refractivity contribution in [2.75, 3.05) is 5.73 Å². The Bertz CT molecular complexity index is 576. The lowest BCUT2D eigenvalue weighted by atomic mass is 10.1. The highest BCUT2D eigenvalue weighted by Gasteiger charge is 2.10. The Labute approximate surface area is 115 Å². The van der Waals surface area contributed by atoms with Crippen molar-refractivity contribution in [3.05, 3.63) is 45.6 Å². The molecule has 0 radical (unpaired) electrons. The summed E-state index contributed by atoms with van der Waals surface area (Å²) >= 11 is 3.46. The summed E-state index contributed by atoms with van der Waals surface area (Å²) in [5.41, 5.74) is 9.69. The zero-order valence-electron chi connectivity index (χ0n) is 10.6. The van der Waals surface area contributed by atoms with E-state index in [9.17, 15) is 0 Å². The van der Waals surface area contributed by atoms with Crippen molar-refractivity contribution in [1.29, 1.82) is 0 Å². The van der Waals surface area contributed by atoms with Crippen LogP contribution in [0.2, 0.25) is 0 Å². The van der Waals surface area contributed by atoms with Crippen molar-refractivity contribution in [2.24, 2.45) is 0 Å². The number of benzene rings is 1. The zero-order valence-corrected chi connectivity index (χ0v) is 12.2. The van der Waals surface area contributed by atoms with Crippen LogP contribution in [-0.4, -0.2) is 4.98 Å². The average molecular weight is 307 g/mol. The fourth-order valence-electron chi connectivity index (χ4n) is 1.74. The highest BCUT2D eigenvalue weighted by molar-refractivity contribution is 9.10. The van der Waals surface area contributed by atoms with E-state index in [4.69, 9.17) is 10.5 Å². The van der Waals surface area contributed by atoms with Crippen LogP contribution in [0.25, 0.3) is 0 Å². The molecule has 2 N–H and O–H groups in total. The second-order valence-electron chi connectivity index (χ2n) is 4.38. The van der Waals surface area contributed by atoms with E-state index in [1.165, 1.54) is 0 Å². The molecular formula is C14H15BrN2O. The van der Waals surface area contributed by atoms with Crippen molar-refractivity contribution in [2.45, 2.75) is 20.8 Å². The third kappa shape index (κ3) is 2.64. The van der Waals surface area contributed by atoms with Gasteiger partial charge in [-0.1, -0.05) is 6.07 Å². The van der Waals surface area contributed by atoms with Crippen LogP contribution in [0.1, 0.15) is 16.7 Å². The molecule has 0 fully saturated rings. The number of aryl methyl sites for hydroxylation is 2. The van der Waals surface area contributed by atoms with Crippen LogP contribution in [0.5, 0.6) is 11.6 Å². The molecule has 1 aromatic heterocycles. The van der Waals surface area contributed by atoms with Gasteiger partial charge in [0.05, 0.1) is 16.4 Å². The van der Waals surface area contributed by atoms with Crippen molar-refractivity contribution < 1.29 is 4.74 Å². The van der Waals surface area contributed by atoms with Crippen LogP contribution in [-0.2, 0) is 0 Å². The molecule has 0 unspecified atom stereocenters. The van der Waals surface area contributed by atoms with Gasteiger partial charge in [-0.25, -0.2) is 4.98 Å². The van der Waals surface area contributed by atoms with Crippen LogP contribution in [0.4, 0.5) is 5.69 Å². The summed E-state index contributed by atoms with van der Waals surface area (Å²) < 4.78 is 6.59. The third-order valence-corrected chi connectivity index (χ3v) is 3.61. The van der Waals surface area contributed by atoms with E-state index in [-0.39, 0.29) is 0 Å². The molecule has 0 saturated heterocycles. The van der Waals surface area contributed by atoms with Crippen LogP contribution in [0.3, 0.4) is 0 Å². The number of ether oxygens (including phenoxy) is 1. The Balaban J connectivity index is 2.37. The monoisotopic (exact) mass is 306 g/mol. The molecule has 0 amide bonds. The van der Waals surface area contributed by atoms with E-state index in [0.29, 0.717) is 11.6 Å². The molecule has 0 spiro atoms. The molecule has 1 aromatic carbocycles. The first-order valence-electron chi connectivity index (χ1n) is 5.64. The van der Waals surface area contributed by atoms with Crippen LogP contribution >= 0.6 is 15.9 Å². The molecule has 0 saturated carbocycles. The summed E-state index contributed by atoms with van der Waals surface area (Å²) in [6, 6.07) is 6.06. The Kier molecular flexibility index (Phi) is 3.57. The molecule has 2 aromatic rings. The Morgan fingerprint density at radius 1 is 1.11 bits per heavy atom. The van der Waals surface area contributed by atoms with E-state index >= 15 is 0 Å². The predicted octanol–water partition coefficient (Wildman–Crippen LogP) is 4.14. The van der Waals surface area contributed by atoms with Crippen LogP contribution in [0, 0.1) is 20.8 Å². The maximum atomic E-state index is 5.79. The van der Waals surface area contributed by atoms with E-state index < -0.39 is 0 Å². The minimum Gasteiger partial charge on any atom is -0.438 e. The summed E-state index contributed by atoms with van der Waals surface area (Å²) in [6.07, 6.45) is 1.61. The fourth-order valence-corrected chi connectivity index (χ4v) is 2.16. The van der Waals surface area contributed by atoms with E-state index in [0.717, 1.165) is 26.9 Å². The van der Waals surface area contributed by atoms with Crippen LogP contribution in [0.15, 0.2) is 28.9 Å². The van der Waals surface area contributed by atoms with Gasteiger partial charge in [0.15, 0.2) is 0 Å². The molecule has 0 aliphatic heterocycles. The largest absolute Gasteiger partial charge is 0.438 e. The quantitative estimate of drug-likeness (QED) is 0.907. The normalized spacial score (nSPS) is 10.4. The minimum absolute atomic E-state index is 0.534. The standard InChI is InChI=1S/C14H15BrN2O/c1-8-4-9(2)6-11(5-8)18-14-13(15)10(3)12(16)7-17-14/h4-7H,16H2,1-3H3. The summed E-state index contributed by atoms with van der Waals surface area (Å²) in [5, 5.41) is 0. The SMILES string of the molecule is Cc1cc(C)cc(Oc2ncc(N)c(C)c2Br)c1. The van der Waals surface area contributed by atoms with Crippen molar-refractivity contribution in [1.82, 2.24) is 4.98 Å². The smallest absolute Gasteiger partial charge is 0.233 e. The molecule has 1 heterocycles. The molecule has 3 nitrogen and oxygen atoms in total. The maximum absolute atomic E-state index is 5.79. The lowest BCUT2D eigenvalue weighted by molar-refractivity contribution is 0.458. The molecule has 4 heteroatoms. The number of halogens is 1. The van der Waals surface area contributed by atoms with Gasteiger partial charge in [0.1, 0.15) is 5.75 Å². The Morgan fingerprint density at radius 2 is 1.72 bits per heavy atom. The number of nitrogens with zero attached hydrogens (tertiary/aromatic N) is 1. The third-order valence-electron chi connectivity index (χ3n) is 2.68. The number of nitrogen functional groups attached to an aromatic ring is 1. The number of hydrogen-bond donors (Lipinski definition) is 1. The second kappa shape index (κ2) is 4.98. The molecule has 0 atom stereocenters. The topological polar surface area (TPSA) is 48.1 Å². The van der Waals surface area contributed by atoms with Crippen molar-refractivity contribution >= 4 is 21.6 Å². The molecule has 0 bridgehead atoms. The number of hydrogen-bond acceptors (Lipinski definition) is 3. The summed E-state index contributed by atoms with van der Waals surface area (Å²) in [7, 11) is 0. The van der Waals surface area contributed by atoms with Gasteiger partial charge < -0.3 is 10.5 Å². The lowest BCUT2D eigenvalue weighted by Gasteiger charge is -2.11. The van der Waals surface area contributed by atoms with Gasteiger partial charge in [0.2, 0.25) is 5.88 Å².